The predicted octanol–water partition coefficient (Wildman–Crippen LogP) is 1.20. The minimum atomic E-state index is -0.417. The van der Waals surface area contributed by atoms with Gasteiger partial charge in [0.25, 0.3) is 0 Å². The van der Waals surface area contributed by atoms with Crippen LogP contribution in [0, 0.1) is 0 Å². The Hall–Kier alpha value is -2.30. The third-order valence-electron chi connectivity index (χ3n) is 2.97. The van der Waals surface area contributed by atoms with E-state index in [-0.39, 0.29) is 19.0 Å². The Balaban J connectivity index is 1.89. The molecule has 0 fully saturated rings. The summed E-state index contributed by atoms with van der Waals surface area (Å²) < 4.78 is 4.76. The third kappa shape index (κ3) is 3.60. The molecule has 0 bridgehead atoms. The van der Waals surface area contributed by atoms with Crippen LogP contribution in [0.4, 0.5) is 5.69 Å². The Morgan fingerprint density at radius 1 is 1.35 bits per heavy atom. The molecule has 1 aromatic rings. The van der Waals surface area contributed by atoms with Crippen LogP contribution in [0.3, 0.4) is 0 Å². The average molecular weight is 274 g/mol. The van der Waals surface area contributed by atoms with Crippen molar-refractivity contribution >= 4 is 23.6 Å². The zero-order valence-electron chi connectivity index (χ0n) is 11.5. The van der Waals surface area contributed by atoms with Crippen LogP contribution < -0.4 is 10.2 Å². The van der Waals surface area contributed by atoms with Crippen LogP contribution in [0.15, 0.2) is 30.3 Å². The number of fused-ring (bicyclic) bond motifs is 1. The van der Waals surface area contributed by atoms with E-state index in [9.17, 15) is 9.59 Å². The van der Waals surface area contributed by atoms with E-state index < -0.39 is 5.97 Å². The lowest BCUT2D eigenvalue weighted by Crippen LogP contribution is -2.40. The minimum absolute atomic E-state index is 0.0853. The highest BCUT2D eigenvalue weighted by atomic mass is 16.5. The van der Waals surface area contributed by atoms with Gasteiger partial charge in [0.2, 0.25) is 5.91 Å². The number of nitrogens with zero attached hydrogens (tertiary/aromatic N) is 1. The van der Waals surface area contributed by atoms with Crippen LogP contribution in [0.5, 0.6) is 0 Å². The van der Waals surface area contributed by atoms with Crippen molar-refractivity contribution in [1.29, 1.82) is 0 Å². The van der Waals surface area contributed by atoms with E-state index in [4.69, 9.17) is 4.74 Å². The van der Waals surface area contributed by atoms with Crippen LogP contribution in [0.25, 0.3) is 6.08 Å². The Bertz CT molecular complexity index is 526. The smallest absolute Gasteiger partial charge is 0.325 e. The van der Waals surface area contributed by atoms with Crippen LogP contribution >= 0.6 is 0 Å². The van der Waals surface area contributed by atoms with Gasteiger partial charge in [0.15, 0.2) is 0 Å². The van der Waals surface area contributed by atoms with Crippen molar-refractivity contribution in [2.75, 3.05) is 31.1 Å². The van der Waals surface area contributed by atoms with Gasteiger partial charge in [0.05, 0.1) is 13.2 Å². The fraction of sp³-hybridized carbons (Fsp3) is 0.333. The first-order chi connectivity index (χ1) is 9.70. The number of hydrogen-bond acceptors (Lipinski definition) is 4. The molecule has 0 atom stereocenters. The molecule has 1 amide bonds. The minimum Gasteiger partial charge on any atom is -0.465 e. The summed E-state index contributed by atoms with van der Waals surface area (Å²) in [7, 11) is 0. The van der Waals surface area contributed by atoms with E-state index in [1.165, 1.54) is 0 Å². The molecular formula is C15H18N2O3. The number of hydrogen-bond donors (Lipinski definition) is 1. The van der Waals surface area contributed by atoms with Crippen molar-refractivity contribution in [2.45, 2.75) is 6.92 Å². The lowest BCUT2D eigenvalue weighted by Gasteiger charge is -2.27. The molecule has 1 aliphatic rings. The van der Waals surface area contributed by atoms with Gasteiger partial charge in [0.1, 0.15) is 6.54 Å². The summed E-state index contributed by atoms with van der Waals surface area (Å²) in [5.41, 5.74) is 2.12. The van der Waals surface area contributed by atoms with E-state index >= 15 is 0 Å². The number of para-hydroxylation sites is 1. The number of carbonyl (C=O) groups excluding carboxylic acids is 2. The zero-order valence-corrected chi connectivity index (χ0v) is 11.5. The number of carbonyl (C=O) groups is 2. The van der Waals surface area contributed by atoms with Crippen molar-refractivity contribution in [2.24, 2.45) is 0 Å². The normalized spacial score (nSPS) is 12.8. The maximum Gasteiger partial charge on any atom is 0.325 e. The van der Waals surface area contributed by atoms with Gasteiger partial charge in [-0.05, 0) is 18.6 Å². The van der Waals surface area contributed by atoms with Gasteiger partial charge in [0, 0.05) is 12.2 Å². The fourth-order valence-corrected chi connectivity index (χ4v) is 2.08. The highest BCUT2D eigenvalue weighted by molar-refractivity contribution is 5.86. The molecule has 0 saturated heterocycles. The van der Waals surface area contributed by atoms with E-state index in [0.29, 0.717) is 13.2 Å². The summed E-state index contributed by atoms with van der Waals surface area (Å²) in [4.78, 5) is 25.0. The molecule has 1 aliphatic heterocycles. The van der Waals surface area contributed by atoms with Gasteiger partial charge in [-0.15, -0.1) is 0 Å². The molecule has 2 rings (SSSR count). The first kappa shape index (κ1) is 14.1. The van der Waals surface area contributed by atoms with Gasteiger partial charge in [-0.25, -0.2) is 0 Å². The first-order valence-corrected chi connectivity index (χ1v) is 6.63. The molecule has 0 aromatic heterocycles. The second kappa shape index (κ2) is 6.75. The second-order valence-electron chi connectivity index (χ2n) is 4.42. The fourth-order valence-electron chi connectivity index (χ4n) is 2.08. The summed E-state index contributed by atoms with van der Waals surface area (Å²) in [5, 5.41) is 2.57. The highest BCUT2D eigenvalue weighted by Gasteiger charge is 2.16. The van der Waals surface area contributed by atoms with E-state index in [2.05, 4.69) is 5.32 Å². The first-order valence-electron chi connectivity index (χ1n) is 6.63. The van der Waals surface area contributed by atoms with Gasteiger partial charge in [-0.1, -0.05) is 30.4 Å². The molecule has 1 aromatic carbocycles. The van der Waals surface area contributed by atoms with Crippen molar-refractivity contribution in [3.63, 3.8) is 0 Å². The Morgan fingerprint density at radius 3 is 2.95 bits per heavy atom. The molecule has 0 aliphatic carbocycles. The Morgan fingerprint density at radius 2 is 2.15 bits per heavy atom. The Labute approximate surface area is 118 Å². The van der Waals surface area contributed by atoms with Crippen molar-refractivity contribution in [1.82, 2.24) is 5.32 Å². The standard InChI is InChI=1S/C15H18N2O3/c1-2-20-15(19)10-16-14(18)11-17-9-5-7-12-6-3-4-8-13(12)17/h3-8H,2,9-11H2,1H3,(H,16,18). The molecular weight excluding hydrogens is 256 g/mol. The van der Waals surface area contributed by atoms with Gasteiger partial charge in [-0.3, -0.25) is 9.59 Å². The number of rotatable bonds is 5. The number of nitrogens with one attached hydrogen (secondary N) is 1. The number of esters is 1. The summed E-state index contributed by atoms with van der Waals surface area (Å²) in [6, 6.07) is 7.90. The summed E-state index contributed by atoms with van der Waals surface area (Å²) >= 11 is 0. The molecule has 20 heavy (non-hydrogen) atoms. The Kier molecular flexibility index (Phi) is 4.76. The monoisotopic (exact) mass is 274 g/mol. The van der Waals surface area contributed by atoms with Crippen molar-refractivity contribution < 1.29 is 14.3 Å². The van der Waals surface area contributed by atoms with Crippen molar-refractivity contribution in [3.8, 4) is 0 Å². The zero-order chi connectivity index (χ0) is 14.4. The van der Waals surface area contributed by atoms with E-state index in [0.717, 1.165) is 11.3 Å². The molecule has 0 radical (unpaired) electrons. The summed E-state index contributed by atoms with van der Waals surface area (Å²) in [6.07, 6.45) is 4.06. The summed E-state index contributed by atoms with van der Waals surface area (Å²) in [5.74, 6) is -0.608. The maximum absolute atomic E-state index is 11.8. The maximum atomic E-state index is 11.8. The number of amides is 1. The topological polar surface area (TPSA) is 58.6 Å². The molecule has 0 unspecified atom stereocenters. The lowest BCUT2D eigenvalue weighted by atomic mass is 10.1. The van der Waals surface area contributed by atoms with Crippen LogP contribution in [-0.4, -0.2) is 38.1 Å². The number of benzene rings is 1. The van der Waals surface area contributed by atoms with Crippen LogP contribution in [0.1, 0.15) is 12.5 Å². The molecule has 0 saturated carbocycles. The van der Waals surface area contributed by atoms with Crippen LogP contribution in [0.2, 0.25) is 0 Å². The molecule has 5 nitrogen and oxygen atoms in total. The molecule has 1 heterocycles. The van der Waals surface area contributed by atoms with E-state index in [1.54, 1.807) is 6.92 Å². The SMILES string of the molecule is CCOC(=O)CNC(=O)CN1CC=Cc2ccccc21. The van der Waals surface area contributed by atoms with Gasteiger partial charge < -0.3 is 15.0 Å². The molecule has 5 heteroatoms. The largest absolute Gasteiger partial charge is 0.465 e. The molecule has 0 spiro atoms. The van der Waals surface area contributed by atoms with Gasteiger partial charge in [-0.2, -0.15) is 0 Å². The number of anilines is 1. The van der Waals surface area contributed by atoms with Crippen molar-refractivity contribution in [3.05, 3.63) is 35.9 Å². The number of ether oxygens (including phenoxy) is 1. The van der Waals surface area contributed by atoms with Crippen LogP contribution in [-0.2, 0) is 14.3 Å². The predicted molar refractivity (Wildman–Crippen MR) is 77.3 cm³/mol. The highest BCUT2D eigenvalue weighted by Crippen LogP contribution is 2.24. The lowest BCUT2D eigenvalue weighted by molar-refractivity contribution is -0.143. The quantitative estimate of drug-likeness (QED) is 0.820. The van der Waals surface area contributed by atoms with Gasteiger partial charge >= 0.3 is 5.97 Å². The van der Waals surface area contributed by atoms with E-state index in [1.807, 2.05) is 41.3 Å². The summed E-state index contributed by atoms with van der Waals surface area (Å²) in [6.45, 7) is 2.87. The third-order valence-corrected chi connectivity index (χ3v) is 2.97. The molecule has 1 N–H and O–H groups in total. The second-order valence-corrected chi connectivity index (χ2v) is 4.42. The average Bonchev–Trinajstić information content (AvgIpc) is 2.46. The molecule has 106 valence electrons.